The highest BCUT2D eigenvalue weighted by Gasteiger charge is 2.11. The second kappa shape index (κ2) is 5.63. The molecular weight excluding hydrogens is 264 g/mol. The Labute approximate surface area is 115 Å². The monoisotopic (exact) mass is 274 g/mol. The molecule has 0 saturated heterocycles. The normalized spacial score (nSPS) is 10.0. The van der Waals surface area contributed by atoms with Crippen LogP contribution in [-0.2, 0) is 0 Å². The van der Waals surface area contributed by atoms with Crippen LogP contribution in [0.25, 0.3) is 0 Å². The predicted molar refractivity (Wildman–Crippen MR) is 73.6 cm³/mol. The van der Waals surface area contributed by atoms with Gasteiger partial charge in [-0.3, -0.25) is 14.6 Å². The minimum Gasteiger partial charge on any atom is -0.319 e. The quantitative estimate of drug-likeness (QED) is 0.875. The van der Waals surface area contributed by atoms with Gasteiger partial charge in [-0.1, -0.05) is 17.7 Å². The van der Waals surface area contributed by atoms with Crippen molar-refractivity contribution in [1.29, 1.82) is 0 Å². The van der Waals surface area contributed by atoms with Gasteiger partial charge in [0.05, 0.1) is 10.7 Å². The molecule has 1 aromatic carbocycles. The molecule has 1 N–H and O–H groups in total. The molecule has 19 heavy (non-hydrogen) atoms. The first-order valence-electron chi connectivity index (χ1n) is 5.61. The molecule has 0 radical (unpaired) electrons. The summed E-state index contributed by atoms with van der Waals surface area (Å²) in [4.78, 5) is 27.2. The Morgan fingerprint density at radius 3 is 2.63 bits per heavy atom. The van der Waals surface area contributed by atoms with Gasteiger partial charge in [-0.25, -0.2) is 0 Å². The lowest BCUT2D eigenvalue weighted by Crippen LogP contribution is -2.14. The van der Waals surface area contributed by atoms with Crippen molar-refractivity contribution in [2.45, 2.75) is 6.92 Å². The summed E-state index contributed by atoms with van der Waals surface area (Å²) in [5.41, 5.74) is 1.16. The van der Waals surface area contributed by atoms with Crippen LogP contribution in [0.3, 0.4) is 0 Å². The van der Waals surface area contributed by atoms with Gasteiger partial charge in [0.25, 0.3) is 5.91 Å². The van der Waals surface area contributed by atoms with Crippen LogP contribution in [0.2, 0.25) is 5.02 Å². The summed E-state index contributed by atoms with van der Waals surface area (Å²) in [6, 6.07) is 9.77. The number of carbonyl (C=O) groups excluding carboxylic acids is 2. The van der Waals surface area contributed by atoms with E-state index < -0.39 is 0 Å². The van der Waals surface area contributed by atoms with Crippen molar-refractivity contribution in [3.8, 4) is 0 Å². The van der Waals surface area contributed by atoms with Gasteiger partial charge in [-0.2, -0.15) is 0 Å². The molecule has 0 aliphatic heterocycles. The van der Waals surface area contributed by atoms with Gasteiger partial charge < -0.3 is 5.32 Å². The summed E-state index contributed by atoms with van der Waals surface area (Å²) in [6.45, 7) is 1.45. The Balaban J connectivity index is 2.26. The number of nitrogens with one attached hydrogen (secondary N) is 1. The van der Waals surface area contributed by atoms with Gasteiger partial charge >= 0.3 is 0 Å². The molecule has 4 nitrogen and oxygen atoms in total. The Bertz CT molecular complexity index is 627. The average molecular weight is 275 g/mol. The molecule has 1 heterocycles. The lowest BCUT2D eigenvalue weighted by Gasteiger charge is -2.08. The lowest BCUT2D eigenvalue weighted by molar-refractivity contribution is 0.100. The molecule has 1 aromatic heterocycles. The van der Waals surface area contributed by atoms with Crippen molar-refractivity contribution in [2.24, 2.45) is 0 Å². The van der Waals surface area contributed by atoms with Crippen LogP contribution in [0.4, 0.5) is 5.69 Å². The Morgan fingerprint density at radius 2 is 2.00 bits per heavy atom. The van der Waals surface area contributed by atoms with Crippen LogP contribution < -0.4 is 5.32 Å². The Hall–Kier alpha value is -2.20. The number of benzene rings is 1. The molecule has 5 heteroatoms. The molecule has 0 saturated carbocycles. The number of Topliss-reactive ketones (excluding diaryl/α,β-unsaturated/α-hetero) is 1. The first-order chi connectivity index (χ1) is 9.08. The average Bonchev–Trinajstić information content (AvgIpc) is 2.42. The van der Waals surface area contributed by atoms with Gasteiger partial charge in [-0.15, -0.1) is 0 Å². The minimum atomic E-state index is -0.372. The van der Waals surface area contributed by atoms with Gasteiger partial charge in [0.1, 0.15) is 5.69 Å². The first-order valence-corrected chi connectivity index (χ1v) is 5.98. The zero-order valence-electron chi connectivity index (χ0n) is 10.2. The summed E-state index contributed by atoms with van der Waals surface area (Å²) >= 11 is 5.99. The van der Waals surface area contributed by atoms with Crippen molar-refractivity contribution in [1.82, 2.24) is 4.98 Å². The molecule has 0 aliphatic rings. The van der Waals surface area contributed by atoms with E-state index >= 15 is 0 Å². The number of nitrogens with zero attached hydrogens (tertiary/aromatic N) is 1. The fourth-order valence-corrected chi connectivity index (χ4v) is 1.69. The molecule has 0 fully saturated rings. The molecule has 0 bridgehead atoms. The molecule has 2 aromatic rings. The summed E-state index contributed by atoms with van der Waals surface area (Å²) in [5, 5.41) is 3.01. The third-order valence-corrected chi connectivity index (χ3v) is 2.85. The van der Waals surface area contributed by atoms with E-state index in [9.17, 15) is 9.59 Å². The van der Waals surface area contributed by atoms with E-state index in [0.717, 1.165) is 0 Å². The highest BCUT2D eigenvalue weighted by atomic mass is 35.5. The smallest absolute Gasteiger partial charge is 0.274 e. The summed E-state index contributed by atoms with van der Waals surface area (Å²) in [7, 11) is 0. The number of rotatable bonds is 3. The zero-order valence-corrected chi connectivity index (χ0v) is 10.9. The predicted octanol–water partition coefficient (Wildman–Crippen LogP) is 3.19. The van der Waals surface area contributed by atoms with Gasteiger partial charge in [0, 0.05) is 11.8 Å². The van der Waals surface area contributed by atoms with Crippen LogP contribution in [0.15, 0.2) is 42.6 Å². The highest BCUT2D eigenvalue weighted by molar-refractivity contribution is 6.34. The van der Waals surface area contributed by atoms with Crippen molar-refractivity contribution in [2.75, 3.05) is 5.32 Å². The molecule has 0 spiro atoms. The van der Waals surface area contributed by atoms with Crippen molar-refractivity contribution < 1.29 is 9.59 Å². The number of carbonyl (C=O) groups is 2. The zero-order chi connectivity index (χ0) is 13.8. The third kappa shape index (κ3) is 3.17. The van der Waals surface area contributed by atoms with E-state index in [1.54, 1.807) is 36.4 Å². The van der Waals surface area contributed by atoms with E-state index in [2.05, 4.69) is 10.3 Å². The maximum atomic E-state index is 11.9. The Kier molecular flexibility index (Phi) is 3.92. The summed E-state index contributed by atoms with van der Waals surface area (Å²) in [6.07, 6.45) is 1.53. The van der Waals surface area contributed by atoms with Gasteiger partial charge in [-0.05, 0) is 37.3 Å². The number of pyridine rings is 1. The first kappa shape index (κ1) is 13.2. The van der Waals surface area contributed by atoms with Gasteiger partial charge in [0.15, 0.2) is 5.78 Å². The largest absolute Gasteiger partial charge is 0.319 e. The topological polar surface area (TPSA) is 59.1 Å². The molecule has 1 amide bonds. The standard InChI is InChI=1S/C14H11ClN2O2/c1-9(18)10-5-6-11(15)13(8-10)17-14(19)12-4-2-3-7-16-12/h2-8H,1H3,(H,17,19). The molecule has 96 valence electrons. The molecular formula is C14H11ClN2O2. The van der Waals surface area contributed by atoms with Crippen LogP contribution >= 0.6 is 11.6 Å². The number of halogens is 1. The van der Waals surface area contributed by atoms with Crippen LogP contribution in [0.5, 0.6) is 0 Å². The van der Waals surface area contributed by atoms with E-state index in [4.69, 9.17) is 11.6 Å². The number of hydrogen-bond donors (Lipinski definition) is 1. The number of hydrogen-bond acceptors (Lipinski definition) is 3. The van der Waals surface area contributed by atoms with Crippen LogP contribution in [0, 0.1) is 0 Å². The van der Waals surface area contributed by atoms with Crippen LogP contribution in [0.1, 0.15) is 27.8 Å². The number of amides is 1. The molecule has 0 aliphatic carbocycles. The van der Waals surface area contributed by atoms with E-state index in [-0.39, 0.29) is 17.4 Å². The second-order valence-electron chi connectivity index (χ2n) is 3.92. The third-order valence-electron chi connectivity index (χ3n) is 2.52. The summed E-state index contributed by atoms with van der Waals surface area (Å²) in [5.74, 6) is -0.465. The number of aromatic nitrogens is 1. The van der Waals surface area contributed by atoms with Crippen LogP contribution in [-0.4, -0.2) is 16.7 Å². The molecule has 2 rings (SSSR count). The van der Waals surface area contributed by atoms with Crippen molar-refractivity contribution in [3.05, 3.63) is 58.9 Å². The second-order valence-corrected chi connectivity index (χ2v) is 4.33. The molecule has 0 atom stereocenters. The number of ketones is 1. The van der Waals surface area contributed by atoms with Crippen molar-refractivity contribution >= 4 is 29.0 Å². The van der Waals surface area contributed by atoms with E-state index in [0.29, 0.717) is 16.3 Å². The highest BCUT2D eigenvalue weighted by Crippen LogP contribution is 2.23. The fraction of sp³-hybridized carbons (Fsp3) is 0.0714. The number of anilines is 1. The Morgan fingerprint density at radius 1 is 1.21 bits per heavy atom. The maximum Gasteiger partial charge on any atom is 0.274 e. The lowest BCUT2D eigenvalue weighted by atomic mass is 10.1. The van der Waals surface area contributed by atoms with E-state index in [1.165, 1.54) is 13.1 Å². The van der Waals surface area contributed by atoms with E-state index in [1.807, 2.05) is 0 Å². The maximum absolute atomic E-state index is 11.9. The van der Waals surface area contributed by atoms with Gasteiger partial charge in [0.2, 0.25) is 0 Å². The minimum absolute atomic E-state index is 0.0926. The summed E-state index contributed by atoms with van der Waals surface area (Å²) < 4.78 is 0. The SMILES string of the molecule is CC(=O)c1ccc(Cl)c(NC(=O)c2ccccn2)c1. The fourth-order valence-electron chi connectivity index (χ4n) is 1.52. The van der Waals surface area contributed by atoms with Crippen molar-refractivity contribution in [3.63, 3.8) is 0 Å². The molecule has 0 unspecified atom stereocenters.